The van der Waals surface area contributed by atoms with Gasteiger partial charge < -0.3 is 9.47 Å². The number of rotatable bonds is 4. The van der Waals surface area contributed by atoms with E-state index in [1.54, 1.807) is 12.1 Å². The molecule has 0 atom stereocenters. The molecule has 0 N–H and O–H groups in total. The summed E-state index contributed by atoms with van der Waals surface area (Å²) in [6.45, 7) is 1.38. The highest BCUT2D eigenvalue weighted by molar-refractivity contribution is 5.96. The van der Waals surface area contributed by atoms with Crippen molar-refractivity contribution in [3.05, 3.63) is 48.0 Å². The summed E-state index contributed by atoms with van der Waals surface area (Å²) in [5.74, 6) is -0.199. The first-order chi connectivity index (χ1) is 10.3. The third-order valence-electron chi connectivity index (χ3n) is 3.01. The number of ether oxygens (including phenoxy) is 2. The van der Waals surface area contributed by atoms with E-state index in [1.807, 2.05) is 0 Å². The lowest BCUT2D eigenvalue weighted by atomic mass is 9.99. The predicted octanol–water partition coefficient (Wildman–Crippen LogP) is 4.46. The molecule has 0 aliphatic rings. The van der Waals surface area contributed by atoms with Gasteiger partial charge >= 0.3 is 6.36 Å². The van der Waals surface area contributed by atoms with Gasteiger partial charge in [-0.25, -0.2) is 0 Å². The number of alkyl halides is 3. The number of benzene rings is 2. The molecule has 0 radical (unpaired) electrons. The summed E-state index contributed by atoms with van der Waals surface area (Å²) in [6.07, 6.45) is -4.80. The van der Waals surface area contributed by atoms with Crippen LogP contribution in [0.15, 0.2) is 42.5 Å². The van der Waals surface area contributed by atoms with Gasteiger partial charge in [0.1, 0.15) is 11.5 Å². The molecule has 0 saturated carbocycles. The lowest BCUT2D eigenvalue weighted by Gasteiger charge is -2.15. The van der Waals surface area contributed by atoms with E-state index in [0.717, 1.165) is 0 Å². The molecule has 0 heterocycles. The van der Waals surface area contributed by atoms with Crippen LogP contribution in [-0.2, 0) is 0 Å². The molecule has 2 rings (SSSR count). The van der Waals surface area contributed by atoms with Crippen molar-refractivity contribution >= 4 is 5.78 Å². The zero-order valence-corrected chi connectivity index (χ0v) is 11.9. The Morgan fingerprint density at radius 1 is 1.00 bits per heavy atom. The lowest BCUT2D eigenvalue weighted by Crippen LogP contribution is -2.17. The minimum atomic E-state index is -4.80. The first-order valence-corrected chi connectivity index (χ1v) is 6.36. The second-order valence-corrected chi connectivity index (χ2v) is 4.52. The molecule has 0 aromatic heterocycles. The van der Waals surface area contributed by atoms with E-state index in [9.17, 15) is 18.0 Å². The van der Waals surface area contributed by atoms with Gasteiger partial charge in [0.15, 0.2) is 5.78 Å². The molecular formula is C16H13F3O3. The van der Waals surface area contributed by atoms with Crippen molar-refractivity contribution in [2.75, 3.05) is 7.11 Å². The quantitative estimate of drug-likeness (QED) is 0.782. The minimum absolute atomic E-state index is 0.194. The molecule has 0 spiro atoms. The molecule has 0 aliphatic heterocycles. The molecule has 22 heavy (non-hydrogen) atoms. The van der Waals surface area contributed by atoms with Gasteiger partial charge in [0.05, 0.1) is 7.11 Å². The van der Waals surface area contributed by atoms with Crippen molar-refractivity contribution in [1.82, 2.24) is 0 Å². The second kappa shape index (κ2) is 6.09. The van der Waals surface area contributed by atoms with Crippen LogP contribution in [0, 0.1) is 0 Å². The number of hydrogen-bond donors (Lipinski definition) is 0. The summed E-state index contributed by atoms with van der Waals surface area (Å²) in [7, 11) is 1.40. The molecule has 0 fully saturated rings. The summed E-state index contributed by atoms with van der Waals surface area (Å²) in [5.41, 5.74) is 0.924. The summed E-state index contributed by atoms with van der Waals surface area (Å²) in [4.78, 5) is 11.5. The van der Waals surface area contributed by atoms with Crippen molar-refractivity contribution in [3.8, 4) is 22.6 Å². The van der Waals surface area contributed by atoms with Gasteiger partial charge in [-0.05, 0) is 31.2 Å². The Hall–Kier alpha value is -2.50. The topological polar surface area (TPSA) is 35.5 Å². The molecular weight excluding hydrogens is 297 g/mol. The Morgan fingerprint density at radius 2 is 1.68 bits per heavy atom. The number of Topliss-reactive ketones (excluding diaryl/α,β-unsaturated/α-hetero) is 1. The lowest BCUT2D eigenvalue weighted by molar-refractivity contribution is -0.274. The Labute approximate surface area is 125 Å². The van der Waals surface area contributed by atoms with Crippen molar-refractivity contribution in [2.24, 2.45) is 0 Å². The van der Waals surface area contributed by atoms with Crippen LogP contribution in [0.1, 0.15) is 17.3 Å². The molecule has 0 saturated heterocycles. The fourth-order valence-electron chi connectivity index (χ4n) is 2.04. The third kappa shape index (κ3) is 3.58. The van der Waals surface area contributed by atoms with E-state index in [1.165, 1.54) is 44.4 Å². The second-order valence-electron chi connectivity index (χ2n) is 4.52. The normalized spacial score (nSPS) is 11.1. The van der Waals surface area contributed by atoms with E-state index < -0.39 is 6.36 Å². The van der Waals surface area contributed by atoms with E-state index in [2.05, 4.69) is 4.74 Å². The number of hydrogen-bond acceptors (Lipinski definition) is 3. The summed E-state index contributed by atoms with van der Waals surface area (Å²) < 4.78 is 46.8. The highest BCUT2D eigenvalue weighted by atomic mass is 19.4. The van der Waals surface area contributed by atoms with Crippen LogP contribution >= 0.6 is 0 Å². The zero-order valence-electron chi connectivity index (χ0n) is 11.9. The maximum atomic E-state index is 12.5. The summed E-state index contributed by atoms with van der Waals surface area (Å²) >= 11 is 0. The molecule has 116 valence electrons. The van der Waals surface area contributed by atoms with Crippen molar-refractivity contribution in [1.29, 1.82) is 0 Å². The van der Waals surface area contributed by atoms with Crippen molar-refractivity contribution in [3.63, 3.8) is 0 Å². The van der Waals surface area contributed by atoms with Crippen LogP contribution in [-0.4, -0.2) is 19.3 Å². The van der Waals surface area contributed by atoms with E-state index >= 15 is 0 Å². The van der Waals surface area contributed by atoms with Crippen molar-refractivity contribution < 1.29 is 27.4 Å². The monoisotopic (exact) mass is 310 g/mol. The predicted molar refractivity (Wildman–Crippen MR) is 75.1 cm³/mol. The molecule has 0 aliphatic carbocycles. The van der Waals surface area contributed by atoms with E-state index in [-0.39, 0.29) is 17.1 Å². The highest BCUT2D eigenvalue weighted by Crippen LogP contribution is 2.38. The van der Waals surface area contributed by atoms with Gasteiger partial charge in [-0.15, -0.1) is 13.2 Å². The fraction of sp³-hybridized carbons (Fsp3) is 0.188. The molecule has 0 amide bonds. The van der Waals surface area contributed by atoms with Crippen molar-refractivity contribution in [2.45, 2.75) is 13.3 Å². The maximum Gasteiger partial charge on any atom is 0.573 e. The smallest absolute Gasteiger partial charge is 0.496 e. The number of methoxy groups -OCH3 is 1. The van der Waals surface area contributed by atoms with Gasteiger partial charge in [0.2, 0.25) is 0 Å². The molecule has 3 nitrogen and oxygen atoms in total. The molecule has 2 aromatic carbocycles. The minimum Gasteiger partial charge on any atom is -0.496 e. The van der Waals surface area contributed by atoms with Gasteiger partial charge in [-0.3, -0.25) is 4.79 Å². The standard InChI is InChI=1S/C16H13F3O3/c1-10(20)11-7-8-14(21-2)13(9-11)12-5-3-4-6-15(12)22-16(17,18)19/h3-9H,1-2H3. The van der Waals surface area contributed by atoms with E-state index in [0.29, 0.717) is 16.9 Å². The number of para-hydroxylation sites is 1. The van der Waals surface area contributed by atoms with Crippen LogP contribution in [0.3, 0.4) is 0 Å². The average molecular weight is 310 g/mol. The molecule has 2 aromatic rings. The SMILES string of the molecule is COc1ccc(C(C)=O)cc1-c1ccccc1OC(F)(F)F. The Morgan fingerprint density at radius 3 is 2.27 bits per heavy atom. The van der Waals surface area contributed by atoms with Crippen LogP contribution in [0.25, 0.3) is 11.1 Å². The molecule has 0 bridgehead atoms. The average Bonchev–Trinajstić information content (AvgIpc) is 2.45. The van der Waals surface area contributed by atoms with Gasteiger partial charge in [-0.1, -0.05) is 18.2 Å². The number of halogens is 3. The first kappa shape index (κ1) is 15.9. The van der Waals surface area contributed by atoms with Crippen LogP contribution < -0.4 is 9.47 Å². The van der Waals surface area contributed by atoms with Crippen LogP contribution in [0.4, 0.5) is 13.2 Å². The van der Waals surface area contributed by atoms with Gasteiger partial charge in [-0.2, -0.15) is 0 Å². The molecule has 0 unspecified atom stereocenters. The Balaban J connectivity index is 2.60. The molecule has 6 heteroatoms. The summed E-state index contributed by atoms with van der Waals surface area (Å²) in [5, 5.41) is 0. The maximum absolute atomic E-state index is 12.5. The van der Waals surface area contributed by atoms with Gasteiger partial charge in [0.25, 0.3) is 0 Å². The third-order valence-corrected chi connectivity index (χ3v) is 3.01. The van der Waals surface area contributed by atoms with Crippen LogP contribution in [0.5, 0.6) is 11.5 Å². The summed E-state index contributed by atoms with van der Waals surface area (Å²) in [6, 6.07) is 10.3. The van der Waals surface area contributed by atoms with Crippen LogP contribution in [0.2, 0.25) is 0 Å². The largest absolute Gasteiger partial charge is 0.573 e. The first-order valence-electron chi connectivity index (χ1n) is 6.36. The number of ketones is 1. The number of carbonyl (C=O) groups excluding carboxylic acids is 1. The Bertz CT molecular complexity index is 693. The highest BCUT2D eigenvalue weighted by Gasteiger charge is 2.32. The fourth-order valence-corrected chi connectivity index (χ4v) is 2.04. The van der Waals surface area contributed by atoms with Gasteiger partial charge in [0, 0.05) is 16.7 Å². The number of carbonyl (C=O) groups is 1. The Kier molecular flexibility index (Phi) is 4.40. The zero-order chi connectivity index (χ0) is 16.3. The van der Waals surface area contributed by atoms with E-state index in [4.69, 9.17) is 4.74 Å².